The van der Waals surface area contributed by atoms with Crippen LogP contribution < -0.4 is 20.1 Å². The molecule has 0 spiro atoms. The van der Waals surface area contributed by atoms with Crippen LogP contribution in [0.5, 0.6) is 11.5 Å². The van der Waals surface area contributed by atoms with Gasteiger partial charge in [0.15, 0.2) is 11.5 Å². The van der Waals surface area contributed by atoms with Crippen LogP contribution in [0.2, 0.25) is 0 Å². The van der Waals surface area contributed by atoms with Gasteiger partial charge >= 0.3 is 0 Å². The van der Waals surface area contributed by atoms with Crippen molar-refractivity contribution in [2.45, 2.75) is 31.7 Å². The largest absolute Gasteiger partial charge is 0.486 e. The number of ether oxygens (including phenoxy) is 2. The average Bonchev–Trinajstić information content (AvgIpc) is 2.94. The van der Waals surface area contributed by atoms with Gasteiger partial charge in [-0.1, -0.05) is 6.42 Å². The minimum atomic E-state index is -0.329. The van der Waals surface area contributed by atoms with Crippen molar-refractivity contribution >= 4 is 17.4 Å². The molecule has 24 heavy (non-hydrogen) atoms. The van der Waals surface area contributed by atoms with Gasteiger partial charge in [-0.15, -0.1) is 0 Å². The second kappa shape index (κ2) is 6.19. The molecule has 2 heterocycles. The summed E-state index contributed by atoms with van der Waals surface area (Å²) in [6.07, 6.45) is 5.10. The Bertz CT molecular complexity index is 713. The van der Waals surface area contributed by atoms with Gasteiger partial charge in [-0.05, 0) is 25.0 Å². The second-order valence-electron chi connectivity index (χ2n) is 6.38. The first-order valence-corrected chi connectivity index (χ1v) is 8.42. The van der Waals surface area contributed by atoms with E-state index in [0.717, 1.165) is 19.3 Å². The zero-order valence-corrected chi connectivity index (χ0v) is 13.3. The summed E-state index contributed by atoms with van der Waals surface area (Å²) in [6.45, 7) is 1.03. The van der Waals surface area contributed by atoms with E-state index in [2.05, 4.69) is 10.6 Å². The van der Waals surface area contributed by atoms with Crippen LogP contribution in [-0.2, 0) is 9.59 Å². The summed E-state index contributed by atoms with van der Waals surface area (Å²) < 4.78 is 11.0. The molecule has 2 N–H and O–H groups in total. The monoisotopic (exact) mass is 328 g/mol. The summed E-state index contributed by atoms with van der Waals surface area (Å²) in [5, 5.41) is 6.08. The van der Waals surface area contributed by atoms with Crippen LogP contribution in [0, 0.1) is 5.92 Å². The first kappa shape index (κ1) is 15.1. The number of nitrogens with one attached hydrogen (secondary N) is 2. The van der Waals surface area contributed by atoms with Crippen molar-refractivity contribution in [2.75, 3.05) is 18.5 Å². The van der Waals surface area contributed by atoms with Gasteiger partial charge in [-0.3, -0.25) is 9.59 Å². The maximum Gasteiger partial charge on any atom is 0.253 e. The first-order chi connectivity index (χ1) is 11.7. The van der Waals surface area contributed by atoms with E-state index in [1.165, 1.54) is 0 Å². The number of hydrogen-bond donors (Lipinski definition) is 2. The van der Waals surface area contributed by atoms with Crippen molar-refractivity contribution in [3.8, 4) is 11.5 Å². The molecule has 0 saturated heterocycles. The highest BCUT2D eigenvalue weighted by Crippen LogP contribution is 2.34. The van der Waals surface area contributed by atoms with E-state index in [1.54, 1.807) is 24.4 Å². The Balaban J connectivity index is 1.51. The molecule has 6 heteroatoms. The van der Waals surface area contributed by atoms with Crippen molar-refractivity contribution < 1.29 is 19.1 Å². The molecular formula is C18H20N2O4. The lowest BCUT2D eigenvalue weighted by molar-refractivity contribution is -0.123. The predicted octanol–water partition coefficient (Wildman–Crippen LogP) is 2.01. The number of hydrogen-bond acceptors (Lipinski definition) is 5. The molecule has 6 nitrogen and oxygen atoms in total. The summed E-state index contributed by atoms with van der Waals surface area (Å²) in [6, 6.07) is 5.37. The number of ketones is 1. The fourth-order valence-electron chi connectivity index (χ4n) is 3.60. The normalized spacial score (nSPS) is 25.2. The highest BCUT2D eigenvalue weighted by molar-refractivity contribution is 6.08. The van der Waals surface area contributed by atoms with Crippen molar-refractivity contribution in [3.05, 3.63) is 30.0 Å². The van der Waals surface area contributed by atoms with Crippen molar-refractivity contribution in [2.24, 2.45) is 5.92 Å². The van der Waals surface area contributed by atoms with Crippen molar-refractivity contribution in [3.63, 3.8) is 0 Å². The summed E-state index contributed by atoms with van der Waals surface area (Å²) in [4.78, 5) is 25.0. The van der Waals surface area contributed by atoms with E-state index < -0.39 is 0 Å². The molecule has 2 atom stereocenters. The molecule has 0 bridgehead atoms. The Labute approximate surface area is 140 Å². The van der Waals surface area contributed by atoms with Gasteiger partial charge < -0.3 is 20.1 Å². The van der Waals surface area contributed by atoms with E-state index in [-0.39, 0.29) is 23.7 Å². The Morgan fingerprint density at radius 2 is 2.00 bits per heavy atom. The Morgan fingerprint density at radius 1 is 1.17 bits per heavy atom. The predicted molar refractivity (Wildman–Crippen MR) is 88.0 cm³/mol. The molecule has 1 fully saturated rings. The molecule has 0 radical (unpaired) electrons. The van der Waals surface area contributed by atoms with Crippen LogP contribution in [0.3, 0.4) is 0 Å². The van der Waals surface area contributed by atoms with Crippen LogP contribution in [0.25, 0.3) is 0 Å². The summed E-state index contributed by atoms with van der Waals surface area (Å²) >= 11 is 0. The SMILES string of the molecule is O=C(Nc1ccc2c(c1)OCCO2)C1=CNC2CCCCC(=O)C12. The summed E-state index contributed by atoms with van der Waals surface area (Å²) in [5.74, 6) is 0.902. The minimum Gasteiger partial charge on any atom is -0.486 e. The highest BCUT2D eigenvalue weighted by Gasteiger charge is 2.39. The van der Waals surface area contributed by atoms with Crippen LogP contribution in [0.15, 0.2) is 30.0 Å². The number of fused-ring (bicyclic) bond motifs is 2. The van der Waals surface area contributed by atoms with Crippen LogP contribution in [0.4, 0.5) is 5.69 Å². The zero-order chi connectivity index (χ0) is 16.5. The molecule has 0 aromatic heterocycles. The smallest absolute Gasteiger partial charge is 0.253 e. The average molecular weight is 328 g/mol. The van der Waals surface area contributed by atoms with Gasteiger partial charge in [0.05, 0.1) is 5.92 Å². The third-order valence-electron chi connectivity index (χ3n) is 4.79. The molecule has 126 valence electrons. The minimum absolute atomic E-state index is 0.0565. The molecule has 2 aliphatic heterocycles. The lowest BCUT2D eigenvalue weighted by atomic mass is 9.89. The van der Waals surface area contributed by atoms with E-state index >= 15 is 0 Å². The molecule has 1 aromatic rings. The Hall–Kier alpha value is -2.50. The third kappa shape index (κ3) is 2.72. The van der Waals surface area contributed by atoms with Gasteiger partial charge in [0, 0.05) is 36.0 Å². The third-order valence-corrected chi connectivity index (χ3v) is 4.79. The molecule has 4 rings (SSSR count). The lowest BCUT2D eigenvalue weighted by Crippen LogP contribution is -2.33. The van der Waals surface area contributed by atoms with Gasteiger partial charge in [0.25, 0.3) is 5.91 Å². The van der Waals surface area contributed by atoms with Gasteiger partial charge in [-0.2, -0.15) is 0 Å². The molecule has 1 aromatic carbocycles. The van der Waals surface area contributed by atoms with E-state index in [4.69, 9.17) is 9.47 Å². The highest BCUT2D eigenvalue weighted by atomic mass is 16.6. The first-order valence-electron chi connectivity index (χ1n) is 8.42. The fourth-order valence-corrected chi connectivity index (χ4v) is 3.60. The lowest BCUT2D eigenvalue weighted by Gasteiger charge is -2.20. The van der Waals surface area contributed by atoms with E-state index in [9.17, 15) is 9.59 Å². The molecule has 3 aliphatic rings. The number of benzene rings is 1. The number of Topliss-reactive ketones (excluding diaryl/α,β-unsaturated/α-hetero) is 1. The van der Waals surface area contributed by atoms with Gasteiger partial charge in [-0.25, -0.2) is 0 Å². The Kier molecular flexibility index (Phi) is 3.88. The second-order valence-corrected chi connectivity index (χ2v) is 6.38. The molecule has 1 saturated carbocycles. The maximum absolute atomic E-state index is 12.7. The standard InChI is InChI=1S/C18H20N2O4/c21-14-4-2-1-3-13-17(14)12(10-19-13)18(22)20-11-5-6-15-16(9-11)24-8-7-23-15/h5-6,9-10,13,17,19H,1-4,7-8H2,(H,20,22). The molecular weight excluding hydrogens is 308 g/mol. The van der Waals surface area contributed by atoms with Crippen molar-refractivity contribution in [1.82, 2.24) is 5.32 Å². The number of amides is 1. The maximum atomic E-state index is 12.7. The van der Waals surface area contributed by atoms with Crippen LogP contribution in [-0.4, -0.2) is 30.9 Å². The molecule has 1 aliphatic carbocycles. The number of carbonyl (C=O) groups excluding carboxylic acids is 2. The van der Waals surface area contributed by atoms with Crippen LogP contribution >= 0.6 is 0 Å². The fraction of sp³-hybridized carbons (Fsp3) is 0.444. The quantitative estimate of drug-likeness (QED) is 0.868. The number of carbonyl (C=O) groups is 2. The van der Waals surface area contributed by atoms with Gasteiger partial charge in [0.1, 0.15) is 19.0 Å². The number of anilines is 1. The van der Waals surface area contributed by atoms with Crippen LogP contribution in [0.1, 0.15) is 25.7 Å². The zero-order valence-electron chi connectivity index (χ0n) is 13.3. The topological polar surface area (TPSA) is 76.7 Å². The molecule has 1 amide bonds. The Morgan fingerprint density at radius 3 is 2.88 bits per heavy atom. The van der Waals surface area contributed by atoms with E-state index in [1.807, 2.05) is 0 Å². The van der Waals surface area contributed by atoms with Crippen molar-refractivity contribution in [1.29, 1.82) is 0 Å². The summed E-state index contributed by atoms with van der Waals surface area (Å²) in [7, 11) is 0. The van der Waals surface area contributed by atoms with E-state index in [0.29, 0.717) is 42.4 Å². The number of rotatable bonds is 2. The summed E-state index contributed by atoms with van der Waals surface area (Å²) in [5.41, 5.74) is 1.16. The van der Waals surface area contributed by atoms with Gasteiger partial charge in [0.2, 0.25) is 0 Å². The molecule has 2 unspecified atom stereocenters.